The van der Waals surface area contributed by atoms with Crippen LogP contribution in [0.1, 0.15) is 31.4 Å². The third-order valence-electron chi connectivity index (χ3n) is 2.35. The Bertz CT molecular complexity index is 367. The van der Waals surface area contributed by atoms with Crippen LogP contribution in [0.3, 0.4) is 0 Å². The lowest BCUT2D eigenvalue weighted by Gasteiger charge is -2.15. The summed E-state index contributed by atoms with van der Waals surface area (Å²) in [5, 5.41) is 11.9. The third-order valence-corrected chi connectivity index (χ3v) is 2.68. The van der Waals surface area contributed by atoms with Crippen LogP contribution in [0.2, 0.25) is 5.02 Å². The van der Waals surface area contributed by atoms with E-state index >= 15 is 0 Å². The summed E-state index contributed by atoms with van der Waals surface area (Å²) in [7, 11) is 0. The van der Waals surface area contributed by atoms with Crippen LogP contribution < -0.4 is 5.32 Å². The van der Waals surface area contributed by atoms with Gasteiger partial charge in [0, 0.05) is 23.0 Å². The van der Waals surface area contributed by atoms with Gasteiger partial charge in [-0.2, -0.15) is 5.26 Å². The molecule has 16 heavy (non-hydrogen) atoms. The molecule has 1 atom stereocenters. The molecule has 0 aliphatic rings. The second-order valence-electron chi connectivity index (χ2n) is 3.57. The first-order chi connectivity index (χ1) is 7.66. The van der Waals surface area contributed by atoms with E-state index in [0.717, 1.165) is 6.42 Å². The van der Waals surface area contributed by atoms with Crippen molar-refractivity contribution in [2.24, 2.45) is 0 Å². The highest BCUT2D eigenvalue weighted by Gasteiger charge is 2.13. The Morgan fingerprint density at radius 3 is 2.94 bits per heavy atom. The number of hydrogen-bond donors (Lipinski definition) is 1. The number of hydrogen-bond acceptors (Lipinski definition) is 2. The Morgan fingerprint density at radius 2 is 2.31 bits per heavy atom. The molecule has 2 nitrogen and oxygen atoms in total. The molecule has 1 N–H and O–H groups in total. The van der Waals surface area contributed by atoms with E-state index in [-0.39, 0.29) is 11.9 Å². The molecule has 0 bridgehead atoms. The van der Waals surface area contributed by atoms with Gasteiger partial charge in [-0.3, -0.25) is 0 Å². The maximum Gasteiger partial charge on any atom is 0.129 e. The maximum atomic E-state index is 13.5. The molecule has 0 amide bonds. The van der Waals surface area contributed by atoms with E-state index in [0.29, 0.717) is 23.6 Å². The van der Waals surface area contributed by atoms with Crippen LogP contribution in [-0.4, -0.2) is 6.54 Å². The second-order valence-corrected chi connectivity index (χ2v) is 3.98. The highest BCUT2D eigenvalue weighted by atomic mass is 35.5. The van der Waals surface area contributed by atoms with Gasteiger partial charge in [-0.15, -0.1) is 0 Å². The molecule has 0 aliphatic carbocycles. The molecule has 0 aromatic heterocycles. The number of nitrogens with zero attached hydrogens (tertiary/aromatic N) is 1. The summed E-state index contributed by atoms with van der Waals surface area (Å²) in [4.78, 5) is 0. The molecular weight excluding hydrogens is 227 g/mol. The molecule has 0 spiro atoms. The molecule has 0 saturated heterocycles. The van der Waals surface area contributed by atoms with Crippen molar-refractivity contribution < 1.29 is 4.39 Å². The first-order valence-corrected chi connectivity index (χ1v) is 5.59. The number of nitrogens with one attached hydrogen (secondary N) is 1. The zero-order chi connectivity index (χ0) is 12.0. The number of benzene rings is 1. The van der Waals surface area contributed by atoms with Crippen molar-refractivity contribution in [3.63, 3.8) is 0 Å². The largest absolute Gasteiger partial charge is 0.310 e. The molecule has 86 valence electrons. The zero-order valence-electron chi connectivity index (χ0n) is 9.13. The lowest BCUT2D eigenvalue weighted by Crippen LogP contribution is -2.21. The number of unbranched alkanes of at least 4 members (excludes halogenated alkanes) is 1. The molecule has 1 aromatic carbocycles. The van der Waals surface area contributed by atoms with Crippen molar-refractivity contribution in [2.45, 2.75) is 25.8 Å². The molecule has 0 unspecified atom stereocenters. The fourth-order valence-corrected chi connectivity index (χ4v) is 1.84. The summed E-state index contributed by atoms with van der Waals surface area (Å²) in [5.74, 6) is -0.298. The SMILES string of the molecule is C[C@@H](NCCCC#N)c1c(F)cccc1Cl. The minimum atomic E-state index is -0.298. The van der Waals surface area contributed by atoms with E-state index in [9.17, 15) is 4.39 Å². The van der Waals surface area contributed by atoms with Gasteiger partial charge in [-0.05, 0) is 32.0 Å². The fraction of sp³-hybridized carbons (Fsp3) is 0.417. The second kappa shape index (κ2) is 6.47. The third kappa shape index (κ3) is 3.48. The smallest absolute Gasteiger partial charge is 0.129 e. The molecular formula is C12H14ClFN2. The van der Waals surface area contributed by atoms with Gasteiger partial charge in [-0.1, -0.05) is 17.7 Å². The molecule has 1 aromatic rings. The Hall–Kier alpha value is -1.11. The van der Waals surface area contributed by atoms with Gasteiger partial charge < -0.3 is 5.32 Å². The molecule has 0 aliphatic heterocycles. The van der Waals surface area contributed by atoms with Gasteiger partial charge in [0.15, 0.2) is 0 Å². The Labute approximate surface area is 100 Å². The standard InChI is InChI=1S/C12H14ClFN2/c1-9(16-8-3-2-7-15)12-10(13)5-4-6-11(12)14/h4-6,9,16H,2-3,8H2,1H3/t9-/m1/s1. The van der Waals surface area contributed by atoms with Gasteiger partial charge >= 0.3 is 0 Å². The summed E-state index contributed by atoms with van der Waals surface area (Å²) in [6.07, 6.45) is 1.26. The monoisotopic (exact) mass is 240 g/mol. The van der Waals surface area contributed by atoms with Crippen molar-refractivity contribution in [3.8, 4) is 6.07 Å². The topological polar surface area (TPSA) is 35.8 Å². The van der Waals surface area contributed by atoms with Crippen LogP contribution in [0, 0.1) is 17.1 Å². The molecule has 1 rings (SSSR count). The van der Waals surface area contributed by atoms with Crippen molar-refractivity contribution in [1.29, 1.82) is 5.26 Å². The lowest BCUT2D eigenvalue weighted by molar-refractivity contribution is 0.523. The minimum Gasteiger partial charge on any atom is -0.310 e. The minimum absolute atomic E-state index is 0.146. The van der Waals surface area contributed by atoms with E-state index in [2.05, 4.69) is 11.4 Å². The van der Waals surface area contributed by atoms with Crippen LogP contribution in [-0.2, 0) is 0 Å². The first-order valence-electron chi connectivity index (χ1n) is 5.21. The average molecular weight is 241 g/mol. The molecule has 0 fully saturated rings. The summed E-state index contributed by atoms with van der Waals surface area (Å²) < 4.78 is 13.5. The predicted molar refractivity (Wildman–Crippen MR) is 62.7 cm³/mol. The summed E-state index contributed by atoms with van der Waals surface area (Å²) in [6, 6.07) is 6.58. The van der Waals surface area contributed by atoms with Crippen molar-refractivity contribution in [1.82, 2.24) is 5.32 Å². The van der Waals surface area contributed by atoms with E-state index in [1.54, 1.807) is 12.1 Å². The van der Waals surface area contributed by atoms with E-state index in [1.807, 2.05) is 6.92 Å². The van der Waals surface area contributed by atoms with Crippen molar-refractivity contribution >= 4 is 11.6 Å². The Balaban J connectivity index is 2.59. The molecule has 0 radical (unpaired) electrons. The van der Waals surface area contributed by atoms with Crippen LogP contribution in [0.15, 0.2) is 18.2 Å². The van der Waals surface area contributed by atoms with Crippen LogP contribution in [0.4, 0.5) is 4.39 Å². The zero-order valence-corrected chi connectivity index (χ0v) is 9.89. The molecule has 4 heteroatoms. The van der Waals surface area contributed by atoms with Crippen LogP contribution in [0.25, 0.3) is 0 Å². The Kier molecular flexibility index (Phi) is 5.24. The van der Waals surface area contributed by atoms with Gasteiger partial charge in [-0.25, -0.2) is 4.39 Å². The summed E-state index contributed by atoms with van der Waals surface area (Å²) in [6.45, 7) is 2.54. The normalized spacial score (nSPS) is 12.1. The lowest BCUT2D eigenvalue weighted by atomic mass is 10.1. The maximum absolute atomic E-state index is 13.5. The predicted octanol–water partition coefficient (Wildman–Crippen LogP) is 3.43. The molecule has 0 heterocycles. The summed E-state index contributed by atoms with van der Waals surface area (Å²) >= 11 is 5.93. The number of halogens is 2. The van der Waals surface area contributed by atoms with Crippen molar-refractivity contribution in [2.75, 3.05) is 6.54 Å². The molecule has 0 saturated carbocycles. The van der Waals surface area contributed by atoms with Gasteiger partial charge in [0.05, 0.1) is 6.07 Å². The fourth-order valence-electron chi connectivity index (χ4n) is 1.51. The van der Waals surface area contributed by atoms with Crippen LogP contribution in [0.5, 0.6) is 0 Å². The quantitative estimate of drug-likeness (QED) is 0.801. The summed E-state index contributed by atoms with van der Waals surface area (Å²) in [5.41, 5.74) is 0.487. The first kappa shape index (κ1) is 13.0. The number of nitriles is 1. The van der Waals surface area contributed by atoms with E-state index in [4.69, 9.17) is 16.9 Å². The van der Waals surface area contributed by atoms with Crippen LogP contribution >= 0.6 is 11.6 Å². The van der Waals surface area contributed by atoms with Gasteiger partial charge in [0.2, 0.25) is 0 Å². The highest BCUT2D eigenvalue weighted by molar-refractivity contribution is 6.31. The van der Waals surface area contributed by atoms with Gasteiger partial charge in [0.25, 0.3) is 0 Å². The number of rotatable bonds is 5. The van der Waals surface area contributed by atoms with Crippen molar-refractivity contribution in [3.05, 3.63) is 34.6 Å². The van der Waals surface area contributed by atoms with E-state index < -0.39 is 0 Å². The highest BCUT2D eigenvalue weighted by Crippen LogP contribution is 2.25. The average Bonchev–Trinajstić information content (AvgIpc) is 2.24. The van der Waals surface area contributed by atoms with Gasteiger partial charge in [0.1, 0.15) is 5.82 Å². The Morgan fingerprint density at radius 1 is 1.56 bits per heavy atom. The van der Waals surface area contributed by atoms with E-state index in [1.165, 1.54) is 6.07 Å².